The smallest absolute Gasteiger partial charge is 0.246 e. The van der Waals surface area contributed by atoms with Crippen LogP contribution in [0.25, 0.3) is 0 Å². The van der Waals surface area contributed by atoms with Crippen LogP contribution in [0.3, 0.4) is 0 Å². The lowest BCUT2D eigenvalue weighted by molar-refractivity contribution is -0.151. The molecule has 1 amide bonds. The van der Waals surface area contributed by atoms with Gasteiger partial charge in [0.15, 0.2) is 0 Å². The van der Waals surface area contributed by atoms with Crippen molar-refractivity contribution in [3.05, 3.63) is 0 Å². The molecule has 1 N–H and O–H groups in total. The van der Waals surface area contributed by atoms with E-state index in [4.69, 9.17) is 4.84 Å². The summed E-state index contributed by atoms with van der Waals surface area (Å²) < 4.78 is 0. The quantitative estimate of drug-likeness (QED) is 0.766. The summed E-state index contributed by atoms with van der Waals surface area (Å²) in [6.07, 6.45) is 8.81. The number of nitrogens with one attached hydrogen (secondary N) is 1. The highest BCUT2D eigenvalue weighted by atomic mass is 16.7. The minimum absolute atomic E-state index is 0.0916. The van der Waals surface area contributed by atoms with Crippen molar-refractivity contribution in [2.24, 2.45) is 17.8 Å². The lowest BCUT2D eigenvalue weighted by atomic mass is 9.67. The second-order valence-electron chi connectivity index (χ2n) is 7.00. The van der Waals surface area contributed by atoms with E-state index in [2.05, 4.69) is 5.48 Å². The van der Waals surface area contributed by atoms with Crippen LogP contribution >= 0.6 is 0 Å². The molecule has 3 nitrogen and oxygen atoms in total. The van der Waals surface area contributed by atoms with E-state index in [9.17, 15) is 4.79 Å². The second kappa shape index (κ2) is 5.60. The van der Waals surface area contributed by atoms with Gasteiger partial charge in [0, 0.05) is 5.92 Å². The molecule has 18 heavy (non-hydrogen) atoms. The average molecular weight is 253 g/mol. The van der Waals surface area contributed by atoms with Crippen molar-refractivity contribution in [3.8, 4) is 0 Å². The molecule has 2 aliphatic carbocycles. The van der Waals surface area contributed by atoms with Gasteiger partial charge in [-0.25, -0.2) is 5.48 Å². The van der Waals surface area contributed by atoms with Crippen LogP contribution in [0.4, 0.5) is 0 Å². The Morgan fingerprint density at radius 2 is 1.72 bits per heavy atom. The first kappa shape index (κ1) is 13.9. The molecule has 3 heteroatoms. The highest BCUT2D eigenvalue weighted by Gasteiger charge is 2.35. The molecule has 3 unspecified atom stereocenters. The van der Waals surface area contributed by atoms with Crippen molar-refractivity contribution in [2.75, 3.05) is 0 Å². The first-order valence-corrected chi connectivity index (χ1v) is 7.43. The predicted octanol–water partition coefficient (Wildman–Crippen LogP) is 3.44. The number of carbonyl (C=O) groups is 1. The Kier molecular flexibility index (Phi) is 4.31. The van der Waals surface area contributed by atoms with Crippen molar-refractivity contribution in [1.29, 1.82) is 0 Å². The number of hydroxylamine groups is 1. The maximum atomic E-state index is 12.1. The Bertz CT molecular complexity index is 295. The van der Waals surface area contributed by atoms with Gasteiger partial charge in [0.25, 0.3) is 0 Å². The van der Waals surface area contributed by atoms with Crippen LogP contribution < -0.4 is 5.48 Å². The molecule has 3 atom stereocenters. The SMILES string of the molecule is CC(C)(C)ONC(=O)C1CCC2CCCCC2C1. The molecule has 0 heterocycles. The maximum absolute atomic E-state index is 12.1. The third-order valence-corrected chi connectivity index (χ3v) is 4.37. The van der Waals surface area contributed by atoms with Gasteiger partial charge >= 0.3 is 0 Å². The molecule has 0 aliphatic heterocycles. The predicted molar refractivity (Wildman–Crippen MR) is 71.8 cm³/mol. The molecule has 0 aromatic carbocycles. The standard InChI is InChI=1S/C15H27NO2/c1-15(2,3)18-16-14(17)13-9-8-11-6-4-5-7-12(11)10-13/h11-13H,4-10H2,1-3H3,(H,16,17). The molecule has 104 valence electrons. The van der Waals surface area contributed by atoms with E-state index in [1.54, 1.807) is 0 Å². The van der Waals surface area contributed by atoms with Crippen LogP contribution in [-0.2, 0) is 9.63 Å². The Hall–Kier alpha value is -0.570. The van der Waals surface area contributed by atoms with Crippen LogP contribution in [0.15, 0.2) is 0 Å². The zero-order valence-electron chi connectivity index (χ0n) is 12.0. The van der Waals surface area contributed by atoms with Crippen molar-refractivity contribution in [3.63, 3.8) is 0 Å². The molecule has 2 fully saturated rings. The molecule has 0 aromatic rings. The molecule has 2 rings (SSSR count). The number of hydrogen-bond donors (Lipinski definition) is 1. The molecule has 0 bridgehead atoms. The van der Waals surface area contributed by atoms with E-state index in [0.29, 0.717) is 0 Å². The van der Waals surface area contributed by atoms with Gasteiger partial charge in [0.1, 0.15) is 0 Å². The van der Waals surface area contributed by atoms with Crippen LogP contribution in [-0.4, -0.2) is 11.5 Å². The van der Waals surface area contributed by atoms with Gasteiger partial charge in [-0.15, -0.1) is 0 Å². The van der Waals surface area contributed by atoms with E-state index in [-0.39, 0.29) is 17.4 Å². The maximum Gasteiger partial charge on any atom is 0.246 e. The van der Waals surface area contributed by atoms with Crippen molar-refractivity contribution < 1.29 is 9.63 Å². The minimum atomic E-state index is -0.308. The number of fused-ring (bicyclic) bond motifs is 1. The summed E-state index contributed by atoms with van der Waals surface area (Å²) in [5.74, 6) is 1.95. The van der Waals surface area contributed by atoms with Crippen LogP contribution in [0.1, 0.15) is 65.7 Å². The Labute approximate surface area is 111 Å². The fraction of sp³-hybridized carbons (Fsp3) is 0.933. The van der Waals surface area contributed by atoms with Gasteiger partial charge < -0.3 is 0 Å². The number of rotatable bonds is 2. The third kappa shape index (κ3) is 3.71. The molecular formula is C15H27NO2. The van der Waals surface area contributed by atoms with Crippen LogP contribution in [0, 0.1) is 17.8 Å². The van der Waals surface area contributed by atoms with Crippen molar-refractivity contribution in [2.45, 2.75) is 71.3 Å². The summed E-state index contributed by atoms with van der Waals surface area (Å²) in [4.78, 5) is 17.5. The Morgan fingerprint density at radius 1 is 1.06 bits per heavy atom. The minimum Gasteiger partial charge on any atom is -0.272 e. The first-order chi connectivity index (χ1) is 8.46. The monoisotopic (exact) mass is 253 g/mol. The lowest BCUT2D eigenvalue weighted by Gasteiger charge is -2.38. The largest absolute Gasteiger partial charge is 0.272 e. The van der Waals surface area contributed by atoms with E-state index < -0.39 is 0 Å². The Morgan fingerprint density at radius 3 is 2.39 bits per heavy atom. The first-order valence-electron chi connectivity index (χ1n) is 7.43. The van der Waals surface area contributed by atoms with Gasteiger partial charge in [-0.1, -0.05) is 25.7 Å². The van der Waals surface area contributed by atoms with E-state index in [1.807, 2.05) is 20.8 Å². The molecule has 0 aromatic heterocycles. The topological polar surface area (TPSA) is 38.3 Å². The van der Waals surface area contributed by atoms with Crippen LogP contribution in [0.5, 0.6) is 0 Å². The Balaban J connectivity index is 1.81. The molecule has 2 aliphatic rings. The summed E-state index contributed by atoms with van der Waals surface area (Å²) in [5.41, 5.74) is 2.34. The highest BCUT2D eigenvalue weighted by Crippen LogP contribution is 2.42. The summed E-state index contributed by atoms with van der Waals surface area (Å²) in [7, 11) is 0. The number of hydrogen-bond acceptors (Lipinski definition) is 2. The zero-order chi connectivity index (χ0) is 13.2. The highest BCUT2D eigenvalue weighted by molar-refractivity contribution is 5.77. The molecule has 0 spiro atoms. The summed E-state index contributed by atoms with van der Waals surface area (Å²) >= 11 is 0. The average Bonchev–Trinajstić information content (AvgIpc) is 2.34. The number of carbonyl (C=O) groups excluding carboxylic acids is 1. The van der Waals surface area contributed by atoms with Crippen molar-refractivity contribution in [1.82, 2.24) is 5.48 Å². The van der Waals surface area contributed by atoms with Gasteiger partial charge in [0.2, 0.25) is 5.91 Å². The molecule has 0 radical (unpaired) electrons. The number of amides is 1. The second-order valence-corrected chi connectivity index (χ2v) is 7.00. The zero-order valence-corrected chi connectivity index (χ0v) is 12.0. The van der Waals surface area contributed by atoms with Gasteiger partial charge in [-0.05, 0) is 51.9 Å². The normalized spacial score (nSPS) is 32.7. The lowest BCUT2D eigenvalue weighted by Crippen LogP contribution is -2.40. The van der Waals surface area contributed by atoms with Gasteiger partial charge in [-0.2, -0.15) is 0 Å². The fourth-order valence-electron chi connectivity index (χ4n) is 3.40. The van der Waals surface area contributed by atoms with Gasteiger partial charge in [0.05, 0.1) is 5.60 Å². The van der Waals surface area contributed by atoms with E-state index in [1.165, 1.54) is 32.1 Å². The third-order valence-electron chi connectivity index (χ3n) is 4.37. The van der Waals surface area contributed by atoms with E-state index in [0.717, 1.165) is 24.7 Å². The molecule has 0 saturated heterocycles. The van der Waals surface area contributed by atoms with Gasteiger partial charge in [-0.3, -0.25) is 9.63 Å². The molecular weight excluding hydrogens is 226 g/mol. The summed E-state index contributed by atoms with van der Waals surface area (Å²) in [6, 6.07) is 0. The van der Waals surface area contributed by atoms with Crippen LogP contribution in [0.2, 0.25) is 0 Å². The summed E-state index contributed by atoms with van der Waals surface area (Å²) in [6.45, 7) is 5.85. The van der Waals surface area contributed by atoms with Crippen molar-refractivity contribution >= 4 is 5.91 Å². The summed E-state index contributed by atoms with van der Waals surface area (Å²) in [5, 5.41) is 0. The fourth-order valence-corrected chi connectivity index (χ4v) is 3.40. The van der Waals surface area contributed by atoms with E-state index >= 15 is 0 Å². The molecule has 2 saturated carbocycles.